The van der Waals surface area contributed by atoms with Crippen molar-refractivity contribution in [3.63, 3.8) is 0 Å². The quantitative estimate of drug-likeness (QED) is 0.690. The summed E-state index contributed by atoms with van der Waals surface area (Å²) in [6.45, 7) is 2.39. The SMILES string of the molecule is Cc1cccc(Cn2cc(Cl)c(NC(=O)Cn3cc(C(=O)O)cn3)n2)c1. The monoisotopic (exact) mass is 373 g/mol. The van der Waals surface area contributed by atoms with Crippen LogP contribution in [0.4, 0.5) is 5.82 Å². The van der Waals surface area contributed by atoms with Crippen molar-refractivity contribution in [2.75, 3.05) is 5.32 Å². The van der Waals surface area contributed by atoms with Crippen LogP contribution < -0.4 is 5.32 Å². The largest absolute Gasteiger partial charge is 0.478 e. The lowest BCUT2D eigenvalue weighted by Crippen LogP contribution is -2.19. The van der Waals surface area contributed by atoms with Gasteiger partial charge in [-0.2, -0.15) is 10.2 Å². The molecule has 0 fully saturated rings. The third-order valence-electron chi connectivity index (χ3n) is 3.59. The van der Waals surface area contributed by atoms with Crippen LogP contribution in [0, 0.1) is 6.92 Å². The number of carbonyl (C=O) groups excluding carboxylic acids is 1. The van der Waals surface area contributed by atoms with Gasteiger partial charge in [-0.05, 0) is 12.5 Å². The highest BCUT2D eigenvalue weighted by Crippen LogP contribution is 2.20. The van der Waals surface area contributed by atoms with Crippen LogP contribution in [-0.4, -0.2) is 36.5 Å². The van der Waals surface area contributed by atoms with Gasteiger partial charge < -0.3 is 10.4 Å². The maximum absolute atomic E-state index is 12.1. The molecule has 1 amide bonds. The van der Waals surface area contributed by atoms with E-state index < -0.39 is 11.9 Å². The highest BCUT2D eigenvalue weighted by Gasteiger charge is 2.13. The van der Waals surface area contributed by atoms with E-state index in [1.165, 1.54) is 17.1 Å². The molecule has 134 valence electrons. The molecule has 0 atom stereocenters. The first-order valence-electron chi connectivity index (χ1n) is 7.75. The van der Waals surface area contributed by atoms with Gasteiger partial charge in [-0.1, -0.05) is 41.4 Å². The Bertz CT molecular complexity index is 963. The number of halogens is 1. The smallest absolute Gasteiger partial charge is 0.338 e. The normalized spacial score (nSPS) is 10.7. The van der Waals surface area contributed by atoms with Crippen LogP contribution in [-0.2, 0) is 17.9 Å². The molecule has 2 aromatic heterocycles. The minimum absolute atomic E-state index is 0.0123. The first-order chi connectivity index (χ1) is 12.4. The zero-order chi connectivity index (χ0) is 18.7. The number of nitrogens with zero attached hydrogens (tertiary/aromatic N) is 4. The standard InChI is InChI=1S/C17H16ClN5O3/c1-11-3-2-4-12(5-11)7-23-9-14(18)16(21-23)20-15(24)10-22-8-13(6-19-22)17(25)26/h2-6,8-9H,7,10H2,1H3,(H,25,26)(H,20,21,24). The third kappa shape index (κ3) is 4.28. The Balaban J connectivity index is 1.65. The number of amides is 1. The Hall–Kier alpha value is -3.13. The number of aryl methyl sites for hydroxylation is 1. The lowest BCUT2D eigenvalue weighted by atomic mass is 10.1. The summed E-state index contributed by atoms with van der Waals surface area (Å²) in [5.74, 6) is -1.27. The summed E-state index contributed by atoms with van der Waals surface area (Å²) in [7, 11) is 0. The lowest BCUT2D eigenvalue weighted by Gasteiger charge is -2.04. The molecule has 0 aliphatic heterocycles. The number of hydrogen-bond donors (Lipinski definition) is 2. The lowest BCUT2D eigenvalue weighted by molar-refractivity contribution is -0.116. The molecule has 2 heterocycles. The van der Waals surface area contributed by atoms with Gasteiger partial charge in [0.15, 0.2) is 5.82 Å². The molecule has 0 aliphatic rings. The minimum atomic E-state index is -1.10. The molecule has 26 heavy (non-hydrogen) atoms. The van der Waals surface area contributed by atoms with Gasteiger partial charge in [0.25, 0.3) is 0 Å². The van der Waals surface area contributed by atoms with E-state index in [1.54, 1.807) is 10.9 Å². The Morgan fingerprint density at radius 1 is 1.27 bits per heavy atom. The van der Waals surface area contributed by atoms with Crippen molar-refractivity contribution in [3.05, 3.63) is 64.6 Å². The van der Waals surface area contributed by atoms with Crippen LogP contribution in [0.2, 0.25) is 5.02 Å². The second-order valence-electron chi connectivity index (χ2n) is 5.79. The van der Waals surface area contributed by atoms with Crippen molar-refractivity contribution in [2.45, 2.75) is 20.0 Å². The second-order valence-corrected chi connectivity index (χ2v) is 6.20. The Morgan fingerprint density at radius 2 is 2.08 bits per heavy atom. The topological polar surface area (TPSA) is 102 Å². The van der Waals surface area contributed by atoms with Crippen LogP contribution in [0.15, 0.2) is 42.9 Å². The molecule has 0 spiro atoms. The summed E-state index contributed by atoms with van der Waals surface area (Å²) in [5.41, 5.74) is 2.23. The molecule has 1 aromatic carbocycles. The molecule has 0 radical (unpaired) electrons. The van der Waals surface area contributed by atoms with Gasteiger partial charge in [0.05, 0.1) is 18.3 Å². The number of nitrogens with one attached hydrogen (secondary N) is 1. The summed E-state index contributed by atoms with van der Waals surface area (Å²) in [5, 5.41) is 19.9. The van der Waals surface area contributed by atoms with E-state index in [9.17, 15) is 9.59 Å². The highest BCUT2D eigenvalue weighted by molar-refractivity contribution is 6.33. The van der Waals surface area contributed by atoms with E-state index in [4.69, 9.17) is 16.7 Å². The van der Waals surface area contributed by atoms with Crippen LogP contribution in [0.1, 0.15) is 21.5 Å². The molecular weight excluding hydrogens is 358 g/mol. The zero-order valence-corrected chi connectivity index (χ0v) is 14.6. The minimum Gasteiger partial charge on any atom is -0.478 e. The van der Waals surface area contributed by atoms with Crippen LogP contribution in [0.3, 0.4) is 0 Å². The number of rotatable bonds is 6. The molecule has 0 bridgehead atoms. The number of benzene rings is 1. The van der Waals surface area contributed by atoms with E-state index in [0.717, 1.165) is 11.1 Å². The van der Waals surface area contributed by atoms with Gasteiger partial charge in [0, 0.05) is 12.4 Å². The Morgan fingerprint density at radius 3 is 2.77 bits per heavy atom. The number of carboxylic acids is 1. The van der Waals surface area contributed by atoms with E-state index in [0.29, 0.717) is 11.6 Å². The van der Waals surface area contributed by atoms with Gasteiger partial charge in [-0.25, -0.2) is 4.79 Å². The van der Waals surface area contributed by atoms with Crippen molar-refractivity contribution in [1.82, 2.24) is 19.6 Å². The summed E-state index contributed by atoms with van der Waals surface area (Å²) in [6.07, 6.45) is 4.09. The molecule has 2 N–H and O–H groups in total. The van der Waals surface area contributed by atoms with Crippen molar-refractivity contribution in [3.8, 4) is 0 Å². The first-order valence-corrected chi connectivity index (χ1v) is 8.12. The Kier molecular flexibility index (Phi) is 5.04. The number of aromatic nitrogens is 4. The fraction of sp³-hybridized carbons (Fsp3) is 0.176. The molecule has 0 aliphatic carbocycles. The van der Waals surface area contributed by atoms with Crippen LogP contribution in [0.25, 0.3) is 0 Å². The van der Waals surface area contributed by atoms with Gasteiger partial charge in [0.1, 0.15) is 11.6 Å². The maximum atomic E-state index is 12.1. The zero-order valence-electron chi connectivity index (χ0n) is 13.9. The van der Waals surface area contributed by atoms with Crippen molar-refractivity contribution in [2.24, 2.45) is 0 Å². The van der Waals surface area contributed by atoms with E-state index in [1.807, 2.05) is 31.2 Å². The third-order valence-corrected chi connectivity index (χ3v) is 3.86. The summed E-state index contributed by atoms with van der Waals surface area (Å²) in [6, 6.07) is 8.01. The Labute approximate surface area is 154 Å². The first kappa shape index (κ1) is 17.7. The predicted octanol–water partition coefficient (Wildman–Crippen LogP) is 2.43. The molecule has 0 saturated heterocycles. The van der Waals surface area contributed by atoms with Gasteiger partial charge in [-0.3, -0.25) is 14.2 Å². The van der Waals surface area contributed by atoms with Crippen molar-refractivity contribution >= 4 is 29.3 Å². The second kappa shape index (κ2) is 7.40. The average Bonchev–Trinajstić information content (AvgIpc) is 3.15. The molecule has 9 heteroatoms. The van der Waals surface area contributed by atoms with Crippen molar-refractivity contribution in [1.29, 1.82) is 0 Å². The predicted molar refractivity (Wildman–Crippen MR) is 95.3 cm³/mol. The molecular formula is C17H16ClN5O3. The molecule has 8 nitrogen and oxygen atoms in total. The summed E-state index contributed by atoms with van der Waals surface area (Å²) < 4.78 is 2.87. The van der Waals surface area contributed by atoms with E-state index in [2.05, 4.69) is 15.5 Å². The molecule has 3 aromatic rings. The summed E-state index contributed by atoms with van der Waals surface area (Å²) >= 11 is 6.14. The average molecular weight is 374 g/mol. The van der Waals surface area contributed by atoms with Crippen molar-refractivity contribution < 1.29 is 14.7 Å². The fourth-order valence-corrected chi connectivity index (χ4v) is 2.64. The number of carbonyl (C=O) groups is 2. The van der Waals surface area contributed by atoms with Crippen LogP contribution >= 0.6 is 11.6 Å². The molecule has 3 rings (SSSR count). The maximum Gasteiger partial charge on any atom is 0.338 e. The fourth-order valence-electron chi connectivity index (χ4n) is 2.44. The van der Waals surface area contributed by atoms with E-state index in [-0.39, 0.29) is 17.9 Å². The molecule has 0 saturated carbocycles. The number of hydrogen-bond acceptors (Lipinski definition) is 4. The number of aromatic carboxylic acids is 1. The van der Waals surface area contributed by atoms with E-state index >= 15 is 0 Å². The number of anilines is 1. The summed E-state index contributed by atoms with van der Waals surface area (Å²) in [4.78, 5) is 22.9. The van der Waals surface area contributed by atoms with Gasteiger partial charge in [-0.15, -0.1) is 0 Å². The van der Waals surface area contributed by atoms with Gasteiger partial charge >= 0.3 is 5.97 Å². The highest BCUT2D eigenvalue weighted by atomic mass is 35.5. The number of carboxylic acid groups (broad SMARTS) is 1. The van der Waals surface area contributed by atoms with Gasteiger partial charge in [0.2, 0.25) is 5.91 Å². The van der Waals surface area contributed by atoms with Crippen LogP contribution in [0.5, 0.6) is 0 Å². The molecule has 0 unspecified atom stereocenters.